The zero-order valence-corrected chi connectivity index (χ0v) is 9.17. The van der Waals surface area contributed by atoms with Crippen LogP contribution in [0.1, 0.15) is 32.1 Å². The second kappa shape index (κ2) is 5.31. The van der Waals surface area contributed by atoms with Crippen LogP contribution in [0.25, 0.3) is 0 Å². The van der Waals surface area contributed by atoms with Gasteiger partial charge in [-0.2, -0.15) is 0 Å². The Bertz CT molecular complexity index is 236. The molecule has 0 atom stereocenters. The van der Waals surface area contributed by atoms with Crippen molar-refractivity contribution in [1.29, 1.82) is 0 Å². The van der Waals surface area contributed by atoms with Crippen LogP contribution in [-0.2, 0) is 4.79 Å². The minimum Gasteiger partial charge on any atom is -0.353 e. The van der Waals surface area contributed by atoms with E-state index in [4.69, 9.17) is 0 Å². The van der Waals surface area contributed by atoms with Crippen LogP contribution in [0.5, 0.6) is 0 Å². The monoisotopic (exact) mass is 208 g/mol. The van der Waals surface area contributed by atoms with Gasteiger partial charge in [0.25, 0.3) is 0 Å². The maximum atomic E-state index is 11.7. The smallest absolute Gasteiger partial charge is 0.220 e. The zero-order chi connectivity index (χ0) is 10.5. The van der Waals surface area contributed by atoms with E-state index >= 15 is 0 Å². The number of carbonyl (C=O) groups is 1. The fraction of sp³-hybridized carbons (Fsp3) is 0.750. The number of amides is 1. The van der Waals surface area contributed by atoms with Crippen molar-refractivity contribution in [3.63, 3.8) is 0 Å². The van der Waals surface area contributed by atoms with Crippen molar-refractivity contribution in [1.82, 2.24) is 10.6 Å². The summed E-state index contributed by atoms with van der Waals surface area (Å²) in [6.07, 6.45) is 9.34. The molecule has 0 aromatic carbocycles. The molecule has 0 saturated carbocycles. The molecule has 2 rings (SSSR count). The summed E-state index contributed by atoms with van der Waals surface area (Å²) < 4.78 is 0. The molecule has 0 aromatic heterocycles. The molecule has 2 aliphatic rings. The summed E-state index contributed by atoms with van der Waals surface area (Å²) in [6.45, 7) is 2.14. The van der Waals surface area contributed by atoms with E-state index < -0.39 is 0 Å². The van der Waals surface area contributed by atoms with Crippen LogP contribution in [0.2, 0.25) is 0 Å². The molecule has 3 heteroatoms. The molecule has 0 radical (unpaired) electrons. The predicted octanol–water partition coefficient (Wildman–Crippen LogP) is 1.21. The van der Waals surface area contributed by atoms with Crippen LogP contribution in [-0.4, -0.2) is 25.0 Å². The number of nitrogens with one attached hydrogen (secondary N) is 2. The predicted molar refractivity (Wildman–Crippen MR) is 60.5 cm³/mol. The highest BCUT2D eigenvalue weighted by atomic mass is 16.1. The highest BCUT2D eigenvalue weighted by Gasteiger charge is 2.19. The molecular formula is C12H20N2O. The summed E-state index contributed by atoms with van der Waals surface area (Å²) in [7, 11) is 0. The lowest BCUT2D eigenvalue weighted by molar-refractivity contribution is -0.122. The Morgan fingerprint density at radius 1 is 1.27 bits per heavy atom. The normalized spacial score (nSPS) is 23.2. The third-order valence-corrected chi connectivity index (χ3v) is 3.31. The van der Waals surface area contributed by atoms with E-state index in [1.54, 1.807) is 0 Å². The molecular weight excluding hydrogens is 188 g/mol. The third-order valence-electron chi connectivity index (χ3n) is 3.31. The number of hydrogen-bond donors (Lipinski definition) is 2. The van der Waals surface area contributed by atoms with Gasteiger partial charge in [0.15, 0.2) is 0 Å². The Hall–Kier alpha value is -0.830. The van der Waals surface area contributed by atoms with Gasteiger partial charge in [-0.25, -0.2) is 0 Å². The van der Waals surface area contributed by atoms with E-state index in [0.717, 1.165) is 45.2 Å². The van der Waals surface area contributed by atoms with E-state index in [-0.39, 0.29) is 5.91 Å². The molecule has 1 aliphatic carbocycles. The minimum absolute atomic E-state index is 0.246. The average Bonchev–Trinajstić information content (AvgIpc) is 2.71. The van der Waals surface area contributed by atoms with Gasteiger partial charge in [0, 0.05) is 12.5 Å². The quantitative estimate of drug-likeness (QED) is 0.684. The van der Waals surface area contributed by atoms with E-state index in [9.17, 15) is 4.79 Å². The second-order valence-electron chi connectivity index (χ2n) is 4.60. The highest BCUT2D eigenvalue weighted by molar-refractivity contribution is 5.76. The molecule has 0 bridgehead atoms. The van der Waals surface area contributed by atoms with Gasteiger partial charge >= 0.3 is 0 Å². The Morgan fingerprint density at radius 2 is 1.93 bits per heavy atom. The molecule has 0 aromatic rings. The van der Waals surface area contributed by atoms with E-state index in [1.165, 1.54) is 0 Å². The lowest BCUT2D eigenvalue weighted by Gasteiger charge is -2.22. The molecule has 0 unspecified atom stereocenters. The molecule has 1 heterocycles. The van der Waals surface area contributed by atoms with Gasteiger partial charge in [-0.05, 0) is 44.7 Å². The van der Waals surface area contributed by atoms with Crippen molar-refractivity contribution in [2.75, 3.05) is 13.1 Å². The van der Waals surface area contributed by atoms with Gasteiger partial charge in [-0.3, -0.25) is 4.79 Å². The summed E-state index contributed by atoms with van der Waals surface area (Å²) >= 11 is 0. The lowest BCUT2D eigenvalue weighted by atomic mass is 9.94. The number of carbonyl (C=O) groups excluding carboxylic acids is 1. The Morgan fingerprint density at radius 3 is 2.60 bits per heavy atom. The highest BCUT2D eigenvalue weighted by Crippen LogP contribution is 2.16. The second-order valence-corrected chi connectivity index (χ2v) is 4.60. The van der Waals surface area contributed by atoms with Crippen molar-refractivity contribution in [3.05, 3.63) is 12.2 Å². The first-order chi connectivity index (χ1) is 7.34. The van der Waals surface area contributed by atoms with Gasteiger partial charge in [-0.15, -0.1) is 0 Å². The van der Waals surface area contributed by atoms with Crippen molar-refractivity contribution >= 4 is 5.91 Å². The van der Waals surface area contributed by atoms with Crippen LogP contribution in [0.15, 0.2) is 12.2 Å². The van der Waals surface area contributed by atoms with E-state index in [1.807, 2.05) is 0 Å². The largest absolute Gasteiger partial charge is 0.353 e. The first-order valence-corrected chi connectivity index (χ1v) is 5.99. The average molecular weight is 208 g/mol. The molecule has 1 amide bonds. The van der Waals surface area contributed by atoms with Crippen molar-refractivity contribution in [2.24, 2.45) is 5.92 Å². The minimum atomic E-state index is 0.246. The third kappa shape index (κ3) is 3.34. The van der Waals surface area contributed by atoms with Crippen molar-refractivity contribution in [3.8, 4) is 0 Å². The van der Waals surface area contributed by atoms with Gasteiger partial charge in [0.2, 0.25) is 5.91 Å². The van der Waals surface area contributed by atoms with E-state index in [0.29, 0.717) is 12.0 Å². The van der Waals surface area contributed by atoms with Crippen molar-refractivity contribution < 1.29 is 4.79 Å². The van der Waals surface area contributed by atoms with Crippen LogP contribution in [0.3, 0.4) is 0 Å². The zero-order valence-electron chi connectivity index (χ0n) is 9.17. The SMILES string of the molecule is O=C(CC1CCNCC1)NC1CC=CC1. The summed E-state index contributed by atoms with van der Waals surface area (Å²) in [4.78, 5) is 11.7. The summed E-state index contributed by atoms with van der Waals surface area (Å²) in [5.41, 5.74) is 0. The van der Waals surface area contributed by atoms with Gasteiger partial charge in [0.05, 0.1) is 0 Å². The van der Waals surface area contributed by atoms with E-state index in [2.05, 4.69) is 22.8 Å². The van der Waals surface area contributed by atoms with Crippen LogP contribution in [0, 0.1) is 5.92 Å². The molecule has 1 aliphatic heterocycles. The first kappa shape index (κ1) is 10.7. The Labute approximate surface area is 91.3 Å². The topological polar surface area (TPSA) is 41.1 Å². The maximum absolute atomic E-state index is 11.7. The molecule has 15 heavy (non-hydrogen) atoms. The van der Waals surface area contributed by atoms with Crippen LogP contribution >= 0.6 is 0 Å². The van der Waals surface area contributed by atoms with Gasteiger partial charge < -0.3 is 10.6 Å². The molecule has 2 N–H and O–H groups in total. The van der Waals surface area contributed by atoms with Crippen LogP contribution < -0.4 is 10.6 Å². The maximum Gasteiger partial charge on any atom is 0.220 e. The molecule has 3 nitrogen and oxygen atoms in total. The number of hydrogen-bond acceptors (Lipinski definition) is 2. The Balaban J connectivity index is 1.67. The van der Waals surface area contributed by atoms with Crippen molar-refractivity contribution in [2.45, 2.75) is 38.1 Å². The number of rotatable bonds is 3. The molecule has 0 spiro atoms. The standard InChI is InChI=1S/C12H20N2O/c15-12(14-11-3-1-2-4-11)9-10-5-7-13-8-6-10/h1-2,10-11,13H,3-9H2,(H,14,15). The fourth-order valence-corrected chi connectivity index (χ4v) is 2.37. The molecule has 1 saturated heterocycles. The fourth-order valence-electron chi connectivity index (χ4n) is 2.37. The van der Waals surface area contributed by atoms with Gasteiger partial charge in [0.1, 0.15) is 0 Å². The number of piperidine rings is 1. The lowest BCUT2D eigenvalue weighted by Crippen LogP contribution is -2.36. The Kier molecular flexibility index (Phi) is 3.78. The van der Waals surface area contributed by atoms with Crippen LogP contribution in [0.4, 0.5) is 0 Å². The first-order valence-electron chi connectivity index (χ1n) is 5.99. The molecule has 84 valence electrons. The van der Waals surface area contributed by atoms with Gasteiger partial charge in [-0.1, -0.05) is 12.2 Å². The summed E-state index contributed by atoms with van der Waals surface area (Å²) in [5, 5.41) is 6.42. The molecule has 1 fully saturated rings. The summed E-state index contributed by atoms with van der Waals surface area (Å²) in [6, 6.07) is 0.374. The summed E-state index contributed by atoms with van der Waals surface area (Å²) in [5.74, 6) is 0.844.